The maximum Gasteiger partial charge on any atom is 0.261 e. The lowest BCUT2D eigenvalue weighted by Gasteiger charge is -2.41. The first kappa shape index (κ1) is 16.6. The lowest BCUT2D eigenvalue weighted by atomic mass is 10.1. The van der Waals surface area contributed by atoms with Gasteiger partial charge in [-0.15, -0.1) is 0 Å². The lowest BCUT2D eigenvalue weighted by Crippen LogP contribution is -2.54. The molecule has 0 bridgehead atoms. The molecule has 2 aromatic rings. The van der Waals surface area contributed by atoms with Gasteiger partial charge in [-0.05, 0) is 39.3 Å². The Kier molecular flexibility index (Phi) is 4.17. The molecule has 1 amide bonds. The molecule has 0 aliphatic carbocycles. The topological polar surface area (TPSA) is 64.4 Å². The van der Waals surface area contributed by atoms with Crippen molar-refractivity contribution >= 4 is 16.8 Å². The number of amides is 1. The number of aryl methyl sites for hydroxylation is 1. The van der Waals surface area contributed by atoms with Crippen molar-refractivity contribution in [3.05, 3.63) is 40.4 Å². The molecular weight excluding hydrogens is 306 g/mol. The Hall–Kier alpha value is -2.21. The summed E-state index contributed by atoms with van der Waals surface area (Å²) in [4.78, 5) is 31.4. The Bertz CT molecular complexity index is 841. The van der Waals surface area contributed by atoms with Crippen molar-refractivity contribution in [1.82, 2.24) is 14.5 Å². The van der Waals surface area contributed by atoms with Crippen LogP contribution in [0.3, 0.4) is 0 Å². The average Bonchev–Trinajstić information content (AvgIpc) is 2.48. The second kappa shape index (κ2) is 6.02. The van der Waals surface area contributed by atoms with E-state index in [1.165, 1.54) is 10.9 Å². The molecule has 0 unspecified atom stereocenters. The SMILES string of the molecule is Cc1cccc2c(=O)n(CC(=O)N3C[C@@H](C)OC(C)(C)C3)cnc12. The minimum absolute atomic E-state index is 0.00147. The van der Waals surface area contributed by atoms with Crippen LogP contribution < -0.4 is 5.56 Å². The molecule has 1 fully saturated rings. The molecule has 0 spiro atoms. The minimum atomic E-state index is -0.378. The van der Waals surface area contributed by atoms with Gasteiger partial charge in [0.1, 0.15) is 6.54 Å². The van der Waals surface area contributed by atoms with Crippen LogP contribution in [0.2, 0.25) is 0 Å². The second-order valence-electron chi connectivity index (χ2n) is 7.11. The summed E-state index contributed by atoms with van der Waals surface area (Å²) >= 11 is 0. The van der Waals surface area contributed by atoms with E-state index in [-0.39, 0.29) is 29.7 Å². The lowest BCUT2D eigenvalue weighted by molar-refractivity contribution is -0.158. The van der Waals surface area contributed by atoms with Gasteiger partial charge in [0.25, 0.3) is 5.56 Å². The van der Waals surface area contributed by atoms with E-state index in [1.54, 1.807) is 11.0 Å². The average molecular weight is 329 g/mol. The number of rotatable bonds is 2. The van der Waals surface area contributed by atoms with E-state index < -0.39 is 0 Å². The number of para-hydroxylation sites is 1. The Labute approximate surface area is 141 Å². The smallest absolute Gasteiger partial charge is 0.261 e. The number of ether oxygens (including phenoxy) is 1. The van der Waals surface area contributed by atoms with Crippen molar-refractivity contribution in [2.24, 2.45) is 0 Å². The van der Waals surface area contributed by atoms with Gasteiger partial charge in [-0.1, -0.05) is 12.1 Å². The Morgan fingerprint density at radius 1 is 1.42 bits per heavy atom. The molecule has 2 heterocycles. The number of nitrogens with zero attached hydrogens (tertiary/aromatic N) is 3. The van der Waals surface area contributed by atoms with Gasteiger partial charge in [0.2, 0.25) is 5.91 Å². The summed E-state index contributed by atoms with van der Waals surface area (Å²) in [5, 5.41) is 0.543. The third-order valence-corrected chi connectivity index (χ3v) is 4.28. The van der Waals surface area contributed by atoms with Gasteiger partial charge in [-0.2, -0.15) is 0 Å². The fraction of sp³-hybridized carbons (Fsp3) is 0.500. The highest BCUT2D eigenvalue weighted by molar-refractivity contribution is 5.81. The largest absolute Gasteiger partial charge is 0.369 e. The molecular formula is C18H23N3O3. The first-order chi connectivity index (χ1) is 11.3. The number of hydrogen-bond donors (Lipinski definition) is 0. The van der Waals surface area contributed by atoms with Crippen molar-refractivity contribution < 1.29 is 9.53 Å². The molecule has 0 N–H and O–H groups in total. The number of carbonyl (C=O) groups excluding carboxylic acids is 1. The van der Waals surface area contributed by atoms with Gasteiger partial charge in [-0.25, -0.2) is 4.98 Å². The Morgan fingerprint density at radius 2 is 2.17 bits per heavy atom. The normalized spacial score (nSPS) is 20.3. The van der Waals surface area contributed by atoms with Gasteiger partial charge >= 0.3 is 0 Å². The first-order valence-electron chi connectivity index (χ1n) is 8.17. The highest BCUT2D eigenvalue weighted by Gasteiger charge is 2.33. The van der Waals surface area contributed by atoms with E-state index in [0.717, 1.165) is 5.56 Å². The summed E-state index contributed by atoms with van der Waals surface area (Å²) in [5.74, 6) is -0.0888. The van der Waals surface area contributed by atoms with Gasteiger partial charge in [0.05, 0.1) is 28.9 Å². The number of carbonyl (C=O) groups is 1. The number of hydrogen-bond acceptors (Lipinski definition) is 4. The molecule has 0 saturated carbocycles. The summed E-state index contributed by atoms with van der Waals surface area (Å²) in [6.07, 6.45) is 1.44. The van der Waals surface area contributed by atoms with E-state index >= 15 is 0 Å². The molecule has 1 aromatic carbocycles. The van der Waals surface area contributed by atoms with E-state index in [9.17, 15) is 9.59 Å². The van der Waals surface area contributed by atoms with Gasteiger partial charge in [0, 0.05) is 13.1 Å². The highest BCUT2D eigenvalue weighted by Crippen LogP contribution is 2.21. The molecule has 128 valence electrons. The van der Waals surface area contributed by atoms with E-state index in [1.807, 2.05) is 39.8 Å². The zero-order chi connectivity index (χ0) is 17.5. The van der Waals surface area contributed by atoms with Crippen LogP contribution in [0.4, 0.5) is 0 Å². The molecule has 6 nitrogen and oxygen atoms in total. The number of morpholine rings is 1. The van der Waals surface area contributed by atoms with Crippen molar-refractivity contribution in [1.29, 1.82) is 0 Å². The molecule has 24 heavy (non-hydrogen) atoms. The third-order valence-electron chi connectivity index (χ3n) is 4.28. The molecule has 1 atom stereocenters. The summed E-state index contributed by atoms with van der Waals surface area (Å²) in [5.41, 5.74) is 1.08. The molecule has 1 saturated heterocycles. The van der Waals surface area contributed by atoms with Crippen LogP contribution in [-0.4, -0.2) is 45.2 Å². The van der Waals surface area contributed by atoms with E-state index in [2.05, 4.69) is 4.98 Å². The molecule has 3 rings (SSSR count). The minimum Gasteiger partial charge on any atom is -0.369 e. The van der Waals surface area contributed by atoms with Crippen LogP contribution in [0.1, 0.15) is 26.3 Å². The van der Waals surface area contributed by atoms with E-state index in [0.29, 0.717) is 24.0 Å². The number of aromatic nitrogens is 2. The second-order valence-corrected chi connectivity index (χ2v) is 7.11. The van der Waals surface area contributed by atoms with Crippen LogP contribution in [0.5, 0.6) is 0 Å². The van der Waals surface area contributed by atoms with Crippen LogP contribution in [0, 0.1) is 6.92 Å². The van der Waals surface area contributed by atoms with Gasteiger partial charge in [-0.3, -0.25) is 14.2 Å². The quantitative estimate of drug-likeness (QED) is 0.842. The summed E-state index contributed by atoms with van der Waals surface area (Å²) in [7, 11) is 0. The summed E-state index contributed by atoms with van der Waals surface area (Å²) in [6.45, 7) is 8.86. The Balaban J connectivity index is 1.86. The van der Waals surface area contributed by atoms with Crippen molar-refractivity contribution in [2.45, 2.75) is 45.9 Å². The molecule has 0 radical (unpaired) electrons. The molecule has 6 heteroatoms. The van der Waals surface area contributed by atoms with Crippen LogP contribution in [0.25, 0.3) is 10.9 Å². The molecule has 1 aromatic heterocycles. The van der Waals surface area contributed by atoms with Crippen molar-refractivity contribution in [3.63, 3.8) is 0 Å². The summed E-state index contributed by atoms with van der Waals surface area (Å²) in [6, 6.07) is 5.50. The Morgan fingerprint density at radius 3 is 2.88 bits per heavy atom. The fourth-order valence-electron chi connectivity index (χ4n) is 3.34. The van der Waals surface area contributed by atoms with Gasteiger partial charge < -0.3 is 9.64 Å². The van der Waals surface area contributed by atoms with Crippen LogP contribution >= 0.6 is 0 Å². The maximum absolute atomic E-state index is 12.6. The zero-order valence-corrected chi connectivity index (χ0v) is 14.6. The number of benzene rings is 1. The fourth-order valence-corrected chi connectivity index (χ4v) is 3.34. The predicted octanol–water partition coefficient (Wildman–Crippen LogP) is 1.73. The maximum atomic E-state index is 12.6. The van der Waals surface area contributed by atoms with Crippen molar-refractivity contribution in [3.8, 4) is 0 Å². The monoisotopic (exact) mass is 329 g/mol. The number of fused-ring (bicyclic) bond motifs is 1. The summed E-state index contributed by atoms with van der Waals surface area (Å²) < 4.78 is 7.21. The third kappa shape index (κ3) is 3.19. The van der Waals surface area contributed by atoms with Crippen LogP contribution in [0.15, 0.2) is 29.3 Å². The van der Waals surface area contributed by atoms with Crippen LogP contribution in [-0.2, 0) is 16.1 Å². The molecule has 1 aliphatic heterocycles. The first-order valence-corrected chi connectivity index (χ1v) is 8.17. The highest BCUT2D eigenvalue weighted by atomic mass is 16.5. The standard InChI is InChI=1S/C18H23N3O3/c1-12-6-5-7-14-16(12)19-11-21(17(14)23)9-15(22)20-8-13(2)24-18(3,4)10-20/h5-7,11,13H,8-10H2,1-4H3/t13-/m1/s1. The predicted molar refractivity (Wildman–Crippen MR) is 91.9 cm³/mol. The molecule has 1 aliphatic rings. The van der Waals surface area contributed by atoms with Gasteiger partial charge in [0.15, 0.2) is 0 Å². The zero-order valence-electron chi connectivity index (χ0n) is 14.6. The van der Waals surface area contributed by atoms with E-state index in [4.69, 9.17) is 4.74 Å². The van der Waals surface area contributed by atoms with Crippen molar-refractivity contribution in [2.75, 3.05) is 13.1 Å².